The summed E-state index contributed by atoms with van der Waals surface area (Å²) in [4.78, 5) is 24.7. The number of para-hydroxylation sites is 1. The molecule has 0 heterocycles. The zero-order chi connectivity index (χ0) is 15.5. The van der Waals surface area contributed by atoms with Gasteiger partial charge in [-0.05, 0) is 26.0 Å². The SMILES string of the molecule is CCN(CC)C(=O)c1ccccc1OC.CN(C)C=O. The minimum atomic E-state index is 0.0254. The summed E-state index contributed by atoms with van der Waals surface area (Å²) in [6.45, 7) is 5.37. The van der Waals surface area contributed by atoms with Gasteiger partial charge in [-0.25, -0.2) is 0 Å². The van der Waals surface area contributed by atoms with Crippen LogP contribution in [0.3, 0.4) is 0 Å². The Kier molecular flexibility index (Phi) is 8.83. The van der Waals surface area contributed by atoms with Crippen LogP contribution in [-0.2, 0) is 4.79 Å². The van der Waals surface area contributed by atoms with Crippen LogP contribution in [0.4, 0.5) is 0 Å². The summed E-state index contributed by atoms with van der Waals surface area (Å²) in [5.41, 5.74) is 0.628. The van der Waals surface area contributed by atoms with Crippen molar-refractivity contribution in [3.63, 3.8) is 0 Å². The van der Waals surface area contributed by atoms with Crippen LogP contribution in [0.1, 0.15) is 24.2 Å². The van der Waals surface area contributed by atoms with Gasteiger partial charge in [-0.2, -0.15) is 0 Å². The summed E-state index contributed by atoms with van der Waals surface area (Å²) >= 11 is 0. The van der Waals surface area contributed by atoms with Crippen LogP contribution in [0.15, 0.2) is 24.3 Å². The summed E-state index contributed by atoms with van der Waals surface area (Å²) in [5.74, 6) is 0.659. The zero-order valence-corrected chi connectivity index (χ0v) is 12.9. The molecule has 0 aromatic heterocycles. The number of carbonyl (C=O) groups is 2. The van der Waals surface area contributed by atoms with Crippen LogP contribution >= 0.6 is 0 Å². The van der Waals surface area contributed by atoms with Crippen molar-refractivity contribution in [3.8, 4) is 5.75 Å². The Morgan fingerprint density at radius 2 is 1.70 bits per heavy atom. The number of ether oxygens (including phenoxy) is 1. The van der Waals surface area contributed by atoms with E-state index >= 15 is 0 Å². The number of amides is 2. The molecule has 112 valence electrons. The number of methoxy groups -OCH3 is 1. The Hall–Kier alpha value is -2.04. The fourth-order valence-corrected chi connectivity index (χ4v) is 1.50. The number of hydrogen-bond donors (Lipinski definition) is 0. The van der Waals surface area contributed by atoms with Gasteiger partial charge in [0.25, 0.3) is 5.91 Å². The van der Waals surface area contributed by atoms with E-state index in [-0.39, 0.29) is 5.91 Å². The van der Waals surface area contributed by atoms with Gasteiger partial charge in [-0.1, -0.05) is 12.1 Å². The molecule has 0 aliphatic carbocycles. The van der Waals surface area contributed by atoms with Crippen molar-refractivity contribution in [2.45, 2.75) is 13.8 Å². The molecule has 0 bridgehead atoms. The molecule has 0 radical (unpaired) electrons. The standard InChI is InChI=1S/C12H17NO2.C3H7NO/c1-4-13(5-2)12(14)10-8-6-7-9-11(10)15-3;1-4(2)3-5/h6-9H,4-5H2,1-3H3;3H,1-2H3. The molecule has 0 saturated heterocycles. The molecule has 0 atom stereocenters. The molecule has 1 rings (SSSR count). The van der Waals surface area contributed by atoms with E-state index in [1.165, 1.54) is 4.90 Å². The Bertz CT molecular complexity index is 415. The minimum Gasteiger partial charge on any atom is -0.496 e. The second-order valence-corrected chi connectivity index (χ2v) is 4.25. The Labute approximate surface area is 121 Å². The molecule has 1 aromatic rings. The molecule has 0 spiro atoms. The van der Waals surface area contributed by atoms with Crippen LogP contribution in [0.25, 0.3) is 0 Å². The summed E-state index contributed by atoms with van der Waals surface area (Å²) in [6.07, 6.45) is 0.750. The first-order valence-corrected chi connectivity index (χ1v) is 6.55. The molecule has 5 nitrogen and oxygen atoms in total. The van der Waals surface area contributed by atoms with Crippen molar-refractivity contribution in [2.75, 3.05) is 34.3 Å². The third-order valence-electron chi connectivity index (χ3n) is 2.60. The molecular formula is C15H24N2O3. The molecular weight excluding hydrogens is 256 g/mol. The summed E-state index contributed by atoms with van der Waals surface area (Å²) < 4.78 is 5.16. The van der Waals surface area contributed by atoms with Gasteiger partial charge in [0.2, 0.25) is 6.41 Å². The molecule has 5 heteroatoms. The van der Waals surface area contributed by atoms with E-state index < -0.39 is 0 Å². The second kappa shape index (κ2) is 9.83. The molecule has 0 aliphatic rings. The van der Waals surface area contributed by atoms with Crippen LogP contribution < -0.4 is 4.74 Å². The highest BCUT2D eigenvalue weighted by molar-refractivity contribution is 5.96. The van der Waals surface area contributed by atoms with E-state index in [1.54, 1.807) is 38.2 Å². The first-order valence-electron chi connectivity index (χ1n) is 6.55. The van der Waals surface area contributed by atoms with E-state index in [4.69, 9.17) is 4.74 Å². The fraction of sp³-hybridized carbons (Fsp3) is 0.467. The van der Waals surface area contributed by atoms with E-state index in [2.05, 4.69) is 0 Å². The summed E-state index contributed by atoms with van der Waals surface area (Å²) in [6, 6.07) is 7.30. The van der Waals surface area contributed by atoms with Crippen LogP contribution in [0.5, 0.6) is 5.75 Å². The monoisotopic (exact) mass is 280 g/mol. The average Bonchev–Trinajstić information content (AvgIpc) is 2.48. The number of rotatable bonds is 5. The van der Waals surface area contributed by atoms with E-state index in [9.17, 15) is 9.59 Å². The second-order valence-electron chi connectivity index (χ2n) is 4.25. The molecule has 20 heavy (non-hydrogen) atoms. The van der Waals surface area contributed by atoms with Gasteiger partial charge in [-0.15, -0.1) is 0 Å². The van der Waals surface area contributed by atoms with Crippen molar-refractivity contribution in [2.24, 2.45) is 0 Å². The number of hydrogen-bond acceptors (Lipinski definition) is 3. The van der Waals surface area contributed by atoms with Crippen molar-refractivity contribution >= 4 is 12.3 Å². The lowest BCUT2D eigenvalue weighted by atomic mass is 10.1. The minimum absolute atomic E-state index is 0.0254. The number of nitrogens with zero attached hydrogens (tertiary/aromatic N) is 2. The highest BCUT2D eigenvalue weighted by Gasteiger charge is 2.15. The number of carbonyl (C=O) groups excluding carboxylic acids is 2. The van der Waals surface area contributed by atoms with Gasteiger partial charge in [0.1, 0.15) is 5.75 Å². The van der Waals surface area contributed by atoms with E-state index in [0.717, 1.165) is 6.41 Å². The first-order chi connectivity index (χ1) is 9.51. The van der Waals surface area contributed by atoms with E-state index in [0.29, 0.717) is 24.4 Å². The van der Waals surface area contributed by atoms with Crippen molar-refractivity contribution in [1.29, 1.82) is 0 Å². The van der Waals surface area contributed by atoms with Crippen LogP contribution in [0, 0.1) is 0 Å². The molecule has 0 saturated carbocycles. The zero-order valence-electron chi connectivity index (χ0n) is 12.9. The van der Waals surface area contributed by atoms with Crippen molar-refractivity contribution in [1.82, 2.24) is 9.80 Å². The van der Waals surface area contributed by atoms with Gasteiger partial charge < -0.3 is 14.5 Å². The first kappa shape index (κ1) is 18.0. The maximum atomic E-state index is 12.0. The third kappa shape index (κ3) is 5.73. The summed E-state index contributed by atoms with van der Waals surface area (Å²) in [5, 5.41) is 0. The highest BCUT2D eigenvalue weighted by atomic mass is 16.5. The highest BCUT2D eigenvalue weighted by Crippen LogP contribution is 2.18. The third-order valence-corrected chi connectivity index (χ3v) is 2.60. The van der Waals surface area contributed by atoms with Gasteiger partial charge in [-0.3, -0.25) is 9.59 Å². The Morgan fingerprint density at radius 1 is 1.20 bits per heavy atom. The fourth-order valence-electron chi connectivity index (χ4n) is 1.50. The Morgan fingerprint density at radius 3 is 2.10 bits per heavy atom. The van der Waals surface area contributed by atoms with Crippen LogP contribution in [-0.4, -0.2) is 56.4 Å². The Balaban J connectivity index is 0.000000621. The average molecular weight is 280 g/mol. The smallest absolute Gasteiger partial charge is 0.257 e. The predicted molar refractivity (Wildman–Crippen MR) is 80.0 cm³/mol. The maximum absolute atomic E-state index is 12.0. The van der Waals surface area contributed by atoms with Gasteiger partial charge in [0.15, 0.2) is 0 Å². The molecule has 2 amide bonds. The van der Waals surface area contributed by atoms with E-state index in [1.807, 2.05) is 26.0 Å². The van der Waals surface area contributed by atoms with Gasteiger partial charge in [0, 0.05) is 27.2 Å². The molecule has 1 aromatic carbocycles. The lowest BCUT2D eigenvalue weighted by Gasteiger charge is -2.19. The lowest BCUT2D eigenvalue weighted by Crippen LogP contribution is -2.30. The van der Waals surface area contributed by atoms with Gasteiger partial charge in [0.05, 0.1) is 12.7 Å². The lowest BCUT2D eigenvalue weighted by molar-refractivity contribution is -0.115. The summed E-state index contributed by atoms with van der Waals surface area (Å²) in [7, 11) is 4.95. The predicted octanol–water partition coefficient (Wildman–Crippen LogP) is 1.88. The molecule has 0 aliphatic heterocycles. The van der Waals surface area contributed by atoms with Crippen molar-refractivity contribution in [3.05, 3.63) is 29.8 Å². The van der Waals surface area contributed by atoms with Crippen molar-refractivity contribution < 1.29 is 14.3 Å². The largest absolute Gasteiger partial charge is 0.496 e. The normalized spacial score (nSPS) is 9.05. The molecule has 0 unspecified atom stereocenters. The molecule has 0 N–H and O–H groups in total. The van der Waals surface area contributed by atoms with Crippen LogP contribution in [0.2, 0.25) is 0 Å². The quantitative estimate of drug-likeness (QED) is 0.774. The molecule has 0 fully saturated rings. The maximum Gasteiger partial charge on any atom is 0.257 e. The number of benzene rings is 1. The topological polar surface area (TPSA) is 49.9 Å². The van der Waals surface area contributed by atoms with Gasteiger partial charge >= 0.3 is 0 Å².